The Kier molecular flexibility index (Phi) is 4.97. The summed E-state index contributed by atoms with van der Waals surface area (Å²) >= 11 is 0. The number of amides is 2. The van der Waals surface area contributed by atoms with Crippen LogP contribution in [0.3, 0.4) is 0 Å². The number of Topliss-reactive ketones (excluding diaryl/α,β-unsaturated/α-hetero) is 1. The fraction of sp³-hybridized carbons (Fsp3) is 0.160. The zero-order valence-corrected chi connectivity index (χ0v) is 17.7. The molecule has 8 heteroatoms. The van der Waals surface area contributed by atoms with E-state index in [1.165, 1.54) is 18.1 Å². The van der Waals surface area contributed by atoms with Crippen LogP contribution in [-0.2, 0) is 20.8 Å². The second kappa shape index (κ2) is 7.98. The first kappa shape index (κ1) is 20.6. The number of ketones is 1. The quantitative estimate of drug-likeness (QED) is 0.360. The van der Waals surface area contributed by atoms with E-state index in [0.717, 1.165) is 11.3 Å². The maximum atomic E-state index is 13.2. The van der Waals surface area contributed by atoms with Crippen LogP contribution in [0.1, 0.15) is 29.9 Å². The maximum Gasteiger partial charge on any atom is 0.300 e. The standard InChI is InChI=1S/C25H20N2O6/c1-14(28)26-17-4-2-5-18(13-17)27-22(20-6-3-10-32-20)21(24(30)25(27)31)23(29)16-7-8-19-15(12-16)9-11-33-19/h2-8,10,12-13,22,29H,9,11H2,1H3,(H,26,28)/b23-21-. The van der Waals surface area contributed by atoms with Gasteiger partial charge < -0.3 is 19.6 Å². The van der Waals surface area contributed by atoms with Gasteiger partial charge in [-0.05, 0) is 54.1 Å². The zero-order valence-electron chi connectivity index (χ0n) is 17.7. The zero-order chi connectivity index (χ0) is 23.1. The van der Waals surface area contributed by atoms with Crippen molar-refractivity contribution < 1.29 is 28.6 Å². The van der Waals surface area contributed by atoms with Gasteiger partial charge in [0.15, 0.2) is 0 Å². The van der Waals surface area contributed by atoms with Crippen molar-refractivity contribution in [1.29, 1.82) is 0 Å². The van der Waals surface area contributed by atoms with Gasteiger partial charge in [0, 0.05) is 30.3 Å². The molecule has 5 rings (SSSR count). The second-order valence-corrected chi connectivity index (χ2v) is 7.84. The Bertz CT molecular complexity index is 1310. The number of carbonyl (C=O) groups is 3. The van der Waals surface area contributed by atoms with Crippen LogP contribution in [0.15, 0.2) is 70.9 Å². The molecule has 3 aromatic rings. The second-order valence-electron chi connectivity index (χ2n) is 7.84. The third-order valence-electron chi connectivity index (χ3n) is 5.66. The van der Waals surface area contributed by atoms with Crippen LogP contribution in [0.5, 0.6) is 5.75 Å². The van der Waals surface area contributed by atoms with E-state index in [1.54, 1.807) is 54.6 Å². The highest BCUT2D eigenvalue weighted by molar-refractivity contribution is 6.51. The monoisotopic (exact) mass is 444 g/mol. The first-order valence-corrected chi connectivity index (χ1v) is 10.4. The predicted molar refractivity (Wildman–Crippen MR) is 120 cm³/mol. The summed E-state index contributed by atoms with van der Waals surface area (Å²) in [5.41, 5.74) is 2.12. The minimum absolute atomic E-state index is 0.0706. The first-order chi connectivity index (χ1) is 15.9. The van der Waals surface area contributed by atoms with Crippen LogP contribution < -0.4 is 15.0 Å². The van der Waals surface area contributed by atoms with Crippen LogP contribution in [0.2, 0.25) is 0 Å². The van der Waals surface area contributed by atoms with Gasteiger partial charge in [0.1, 0.15) is 23.3 Å². The normalized spacial score (nSPS) is 18.8. The molecule has 0 saturated carbocycles. The smallest absolute Gasteiger partial charge is 0.300 e. The Morgan fingerprint density at radius 1 is 1.12 bits per heavy atom. The Labute approximate surface area is 189 Å². The topological polar surface area (TPSA) is 109 Å². The molecule has 3 heterocycles. The van der Waals surface area contributed by atoms with Gasteiger partial charge in [-0.15, -0.1) is 0 Å². The number of nitrogens with one attached hydrogen (secondary N) is 1. The number of hydrogen-bond acceptors (Lipinski definition) is 6. The van der Waals surface area contributed by atoms with Gasteiger partial charge in [-0.25, -0.2) is 0 Å². The summed E-state index contributed by atoms with van der Waals surface area (Å²) in [6.07, 6.45) is 2.14. The molecule has 0 bridgehead atoms. The molecule has 0 aliphatic carbocycles. The largest absolute Gasteiger partial charge is 0.507 e. The van der Waals surface area contributed by atoms with Crippen molar-refractivity contribution in [2.45, 2.75) is 19.4 Å². The molecule has 2 amide bonds. The van der Waals surface area contributed by atoms with Crippen LogP contribution >= 0.6 is 0 Å². The summed E-state index contributed by atoms with van der Waals surface area (Å²) in [5, 5.41) is 13.9. The van der Waals surface area contributed by atoms with Crippen molar-refractivity contribution in [3.8, 4) is 5.75 Å². The molecule has 2 N–H and O–H groups in total. The van der Waals surface area contributed by atoms with Gasteiger partial charge in [0.25, 0.3) is 11.7 Å². The molecule has 1 unspecified atom stereocenters. The SMILES string of the molecule is CC(=O)Nc1cccc(N2C(=O)C(=O)/C(=C(\O)c3ccc4c(c3)CCO4)C2c2ccco2)c1. The molecule has 33 heavy (non-hydrogen) atoms. The number of anilines is 2. The molecule has 8 nitrogen and oxygen atoms in total. The van der Waals surface area contributed by atoms with Crippen molar-refractivity contribution >= 4 is 34.7 Å². The van der Waals surface area contributed by atoms with Crippen LogP contribution in [0, 0.1) is 0 Å². The van der Waals surface area contributed by atoms with Gasteiger partial charge in [-0.2, -0.15) is 0 Å². The average Bonchev–Trinajstić information content (AvgIpc) is 3.53. The molecular formula is C25H20N2O6. The van der Waals surface area contributed by atoms with Gasteiger partial charge in [0.05, 0.1) is 18.4 Å². The molecule has 0 spiro atoms. The Balaban J connectivity index is 1.65. The van der Waals surface area contributed by atoms with Gasteiger partial charge in [0.2, 0.25) is 5.91 Å². The number of fused-ring (bicyclic) bond motifs is 1. The number of carbonyl (C=O) groups excluding carboxylic acids is 3. The number of aliphatic hydroxyl groups is 1. The molecule has 2 aromatic carbocycles. The van der Waals surface area contributed by atoms with Crippen molar-refractivity contribution in [2.75, 3.05) is 16.8 Å². The number of aliphatic hydroxyl groups excluding tert-OH is 1. The highest BCUT2D eigenvalue weighted by atomic mass is 16.5. The van der Waals surface area contributed by atoms with Crippen molar-refractivity contribution in [1.82, 2.24) is 0 Å². The lowest BCUT2D eigenvalue weighted by Gasteiger charge is -2.24. The molecule has 2 aliphatic heterocycles. The summed E-state index contributed by atoms with van der Waals surface area (Å²) in [6.45, 7) is 1.93. The van der Waals surface area contributed by atoms with E-state index < -0.39 is 17.7 Å². The van der Waals surface area contributed by atoms with E-state index in [4.69, 9.17) is 9.15 Å². The molecule has 0 radical (unpaired) electrons. The highest BCUT2D eigenvalue weighted by Gasteiger charge is 2.48. The van der Waals surface area contributed by atoms with Gasteiger partial charge in [-0.3, -0.25) is 19.3 Å². The molecule has 1 aromatic heterocycles. The van der Waals surface area contributed by atoms with E-state index in [9.17, 15) is 19.5 Å². The molecule has 2 aliphatic rings. The number of benzene rings is 2. The third-order valence-corrected chi connectivity index (χ3v) is 5.66. The Morgan fingerprint density at radius 3 is 2.73 bits per heavy atom. The van der Waals surface area contributed by atoms with E-state index in [0.29, 0.717) is 35.7 Å². The minimum Gasteiger partial charge on any atom is -0.507 e. The lowest BCUT2D eigenvalue weighted by molar-refractivity contribution is -0.132. The van der Waals surface area contributed by atoms with Crippen molar-refractivity contribution in [2.24, 2.45) is 0 Å². The van der Waals surface area contributed by atoms with Crippen LogP contribution in [-0.4, -0.2) is 29.3 Å². The van der Waals surface area contributed by atoms with E-state index in [2.05, 4.69) is 5.32 Å². The summed E-state index contributed by atoms with van der Waals surface area (Å²) in [5.74, 6) is -1.12. The minimum atomic E-state index is -0.975. The maximum absolute atomic E-state index is 13.2. The molecule has 1 fully saturated rings. The van der Waals surface area contributed by atoms with Crippen molar-refractivity contribution in [3.63, 3.8) is 0 Å². The Hall–Kier alpha value is -4.33. The van der Waals surface area contributed by atoms with E-state index in [1.807, 2.05) is 0 Å². The molecule has 1 atom stereocenters. The van der Waals surface area contributed by atoms with E-state index >= 15 is 0 Å². The lowest BCUT2D eigenvalue weighted by Crippen LogP contribution is -2.29. The van der Waals surface area contributed by atoms with Gasteiger partial charge in [-0.1, -0.05) is 6.07 Å². The summed E-state index contributed by atoms with van der Waals surface area (Å²) < 4.78 is 11.1. The molecule has 1 saturated heterocycles. The fourth-order valence-electron chi connectivity index (χ4n) is 4.24. The van der Waals surface area contributed by atoms with Crippen molar-refractivity contribution in [3.05, 3.63) is 83.3 Å². The van der Waals surface area contributed by atoms with Crippen LogP contribution in [0.25, 0.3) is 5.76 Å². The third kappa shape index (κ3) is 3.55. The summed E-state index contributed by atoms with van der Waals surface area (Å²) in [4.78, 5) is 39.1. The number of furan rings is 1. The number of nitrogens with zero attached hydrogens (tertiary/aromatic N) is 1. The number of ether oxygens (including phenoxy) is 1. The van der Waals surface area contributed by atoms with Crippen LogP contribution in [0.4, 0.5) is 11.4 Å². The van der Waals surface area contributed by atoms with E-state index in [-0.39, 0.29) is 17.2 Å². The fourth-order valence-corrected chi connectivity index (χ4v) is 4.24. The first-order valence-electron chi connectivity index (χ1n) is 10.4. The number of hydrogen-bond donors (Lipinski definition) is 2. The Morgan fingerprint density at radius 2 is 1.97 bits per heavy atom. The molecule has 166 valence electrons. The number of rotatable bonds is 4. The van der Waals surface area contributed by atoms with Gasteiger partial charge >= 0.3 is 0 Å². The summed E-state index contributed by atoms with van der Waals surface area (Å²) in [6, 6.07) is 14.1. The summed E-state index contributed by atoms with van der Waals surface area (Å²) in [7, 11) is 0. The molecular weight excluding hydrogens is 424 g/mol. The predicted octanol–water partition coefficient (Wildman–Crippen LogP) is 3.80. The highest BCUT2D eigenvalue weighted by Crippen LogP contribution is 2.43. The lowest BCUT2D eigenvalue weighted by atomic mass is 9.98. The average molecular weight is 444 g/mol.